The molecule has 1 fully saturated rings. The van der Waals surface area contributed by atoms with Gasteiger partial charge in [-0.15, -0.1) is 0 Å². The smallest absolute Gasteiger partial charge is 0.243 e. The average molecular weight is 305 g/mol. The Morgan fingerprint density at radius 2 is 2.23 bits per heavy atom. The van der Waals surface area contributed by atoms with Crippen LogP contribution >= 0.6 is 0 Å². The molecule has 8 nitrogen and oxygen atoms in total. The van der Waals surface area contributed by atoms with Crippen LogP contribution in [0.2, 0.25) is 0 Å². The molecular formula is C14H19N5O3. The summed E-state index contributed by atoms with van der Waals surface area (Å²) in [5.74, 6) is 2.17. The van der Waals surface area contributed by atoms with Crippen LogP contribution in [0, 0.1) is 13.8 Å². The van der Waals surface area contributed by atoms with E-state index in [1.165, 1.54) is 0 Å². The zero-order valence-corrected chi connectivity index (χ0v) is 12.7. The third-order valence-corrected chi connectivity index (χ3v) is 3.68. The highest BCUT2D eigenvalue weighted by Gasteiger charge is 2.29. The normalized spacial score (nSPS) is 19.3. The Hall–Kier alpha value is -2.22. The molecule has 0 bridgehead atoms. The van der Waals surface area contributed by atoms with Gasteiger partial charge in [-0.3, -0.25) is 9.69 Å². The van der Waals surface area contributed by atoms with Gasteiger partial charge >= 0.3 is 0 Å². The van der Waals surface area contributed by atoms with E-state index in [9.17, 15) is 4.79 Å². The summed E-state index contributed by atoms with van der Waals surface area (Å²) in [6.45, 7) is 4.66. The zero-order valence-electron chi connectivity index (χ0n) is 12.7. The predicted octanol–water partition coefficient (Wildman–Crippen LogP) is 1.84. The molecule has 0 aromatic carbocycles. The minimum absolute atomic E-state index is 0.000236. The molecule has 1 unspecified atom stereocenters. The summed E-state index contributed by atoms with van der Waals surface area (Å²) in [4.78, 5) is 18.5. The number of aromatic nitrogens is 3. The molecule has 1 amide bonds. The lowest BCUT2D eigenvalue weighted by Crippen LogP contribution is -2.39. The maximum atomic E-state index is 12.2. The SMILES string of the molecule is Cc1noc(C2CCCCN2CC(=O)Nc2cc(C)on2)n1. The second kappa shape index (κ2) is 6.27. The molecule has 1 aliphatic rings. The van der Waals surface area contributed by atoms with Gasteiger partial charge in [0, 0.05) is 6.07 Å². The topological polar surface area (TPSA) is 97.3 Å². The summed E-state index contributed by atoms with van der Waals surface area (Å²) >= 11 is 0. The van der Waals surface area contributed by atoms with E-state index in [1.54, 1.807) is 19.9 Å². The van der Waals surface area contributed by atoms with E-state index in [-0.39, 0.29) is 18.5 Å². The van der Waals surface area contributed by atoms with Crippen molar-refractivity contribution in [3.63, 3.8) is 0 Å². The van der Waals surface area contributed by atoms with Crippen molar-refractivity contribution >= 4 is 11.7 Å². The van der Waals surface area contributed by atoms with Gasteiger partial charge in [-0.05, 0) is 33.2 Å². The van der Waals surface area contributed by atoms with Gasteiger partial charge in [0.2, 0.25) is 11.8 Å². The van der Waals surface area contributed by atoms with Crippen LogP contribution in [0.5, 0.6) is 0 Å². The molecule has 2 aromatic rings. The first-order valence-corrected chi connectivity index (χ1v) is 7.39. The lowest BCUT2D eigenvalue weighted by Gasteiger charge is -2.32. The third-order valence-electron chi connectivity index (χ3n) is 3.68. The summed E-state index contributed by atoms with van der Waals surface area (Å²) in [5, 5.41) is 10.3. The number of aryl methyl sites for hydroxylation is 2. The van der Waals surface area contributed by atoms with Gasteiger partial charge in [0.15, 0.2) is 11.6 Å². The highest BCUT2D eigenvalue weighted by Crippen LogP contribution is 2.29. The summed E-state index contributed by atoms with van der Waals surface area (Å²) in [5.41, 5.74) is 0. The minimum Gasteiger partial charge on any atom is -0.360 e. The maximum Gasteiger partial charge on any atom is 0.243 e. The first kappa shape index (κ1) is 14.7. The monoisotopic (exact) mass is 305 g/mol. The highest BCUT2D eigenvalue weighted by atomic mass is 16.5. The van der Waals surface area contributed by atoms with Crippen LogP contribution in [0.3, 0.4) is 0 Å². The molecule has 3 heterocycles. The van der Waals surface area contributed by atoms with Crippen molar-refractivity contribution in [1.29, 1.82) is 0 Å². The molecule has 1 saturated heterocycles. The Balaban J connectivity index is 1.64. The van der Waals surface area contributed by atoms with Gasteiger partial charge in [-0.25, -0.2) is 0 Å². The third kappa shape index (κ3) is 3.33. The van der Waals surface area contributed by atoms with Gasteiger partial charge in [-0.1, -0.05) is 16.7 Å². The molecule has 1 aliphatic heterocycles. The fourth-order valence-corrected chi connectivity index (χ4v) is 2.70. The standard InChI is InChI=1S/C14H19N5O3/c1-9-7-12(18-21-9)16-13(20)8-19-6-4-3-5-11(19)14-15-10(2)17-22-14/h7,11H,3-6,8H2,1-2H3,(H,16,18,20). The Labute approximate surface area is 127 Å². The number of carbonyl (C=O) groups excluding carboxylic acids is 1. The zero-order chi connectivity index (χ0) is 15.5. The van der Waals surface area contributed by atoms with Crippen LogP contribution in [0.25, 0.3) is 0 Å². The number of hydrogen-bond acceptors (Lipinski definition) is 7. The number of nitrogens with zero attached hydrogens (tertiary/aromatic N) is 4. The van der Waals surface area contributed by atoms with Gasteiger partial charge in [0.05, 0.1) is 12.6 Å². The van der Waals surface area contributed by atoms with Crippen LogP contribution in [0.15, 0.2) is 15.1 Å². The molecule has 0 aliphatic carbocycles. The molecular weight excluding hydrogens is 286 g/mol. The van der Waals surface area contributed by atoms with Crippen molar-refractivity contribution in [2.45, 2.75) is 39.2 Å². The number of anilines is 1. The van der Waals surface area contributed by atoms with E-state index in [0.717, 1.165) is 25.8 Å². The molecule has 1 N–H and O–H groups in total. The van der Waals surface area contributed by atoms with E-state index >= 15 is 0 Å². The molecule has 0 spiro atoms. The van der Waals surface area contributed by atoms with E-state index in [0.29, 0.717) is 23.3 Å². The number of piperidine rings is 1. The summed E-state index contributed by atoms with van der Waals surface area (Å²) in [6, 6.07) is 1.69. The number of carbonyl (C=O) groups is 1. The second-order valence-electron chi connectivity index (χ2n) is 5.53. The summed E-state index contributed by atoms with van der Waals surface area (Å²) in [6.07, 6.45) is 3.06. The molecule has 0 radical (unpaired) electrons. The van der Waals surface area contributed by atoms with Gasteiger partial charge < -0.3 is 14.4 Å². The lowest BCUT2D eigenvalue weighted by atomic mass is 10.0. The molecule has 118 valence electrons. The van der Waals surface area contributed by atoms with Gasteiger partial charge in [-0.2, -0.15) is 4.98 Å². The van der Waals surface area contributed by atoms with Crippen molar-refractivity contribution < 1.29 is 13.8 Å². The first-order chi connectivity index (χ1) is 10.6. The second-order valence-corrected chi connectivity index (χ2v) is 5.53. The number of nitrogens with one attached hydrogen (secondary N) is 1. The quantitative estimate of drug-likeness (QED) is 0.920. The Kier molecular flexibility index (Phi) is 4.19. The molecule has 8 heteroatoms. The summed E-state index contributed by atoms with van der Waals surface area (Å²) in [7, 11) is 0. The van der Waals surface area contributed by atoms with Crippen LogP contribution in [-0.2, 0) is 4.79 Å². The Bertz CT molecular complexity index is 650. The number of hydrogen-bond donors (Lipinski definition) is 1. The van der Waals surface area contributed by atoms with Gasteiger partial charge in [0.1, 0.15) is 5.76 Å². The molecule has 1 atom stereocenters. The van der Waals surface area contributed by atoms with E-state index in [2.05, 4.69) is 25.5 Å². The molecule has 2 aromatic heterocycles. The fourth-order valence-electron chi connectivity index (χ4n) is 2.70. The van der Waals surface area contributed by atoms with Crippen molar-refractivity contribution in [2.24, 2.45) is 0 Å². The summed E-state index contributed by atoms with van der Waals surface area (Å²) < 4.78 is 10.2. The maximum absolute atomic E-state index is 12.2. The average Bonchev–Trinajstić information content (AvgIpc) is 3.08. The predicted molar refractivity (Wildman–Crippen MR) is 77.1 cm³/mol. The largest absolute Gasteiger partial charge is 0.360 e. The van der Waals surface area contributed by atoms with Crippen molar-refractivity contribution in [3.05, 3.63) is 23.5 Å². The van der Waals surface area contributed by atoms with Crippen LogP contribution in [0.4, 0.5) is 5.82 Å². The van der Waals surface area contributed by atoms with Gasteiger partial charge in [0.25, 0.3) is 0 Å². The van der Waals surface area contributed by atoms with Crippen molar-refractivity contribution in [3.8, 4) is 0 Å². The van der Waals surface area contributed by atoms with Crippen molar-refractivity contribution in [2.75, 3.05) is 18.4 Å². The van der Waals surface area contributed by atoms with Crippen molar-refractivity contribution in [1.82, 2.24) is 20.2 Å². The van der Waals surface area contributed by atoms with Crippen LogP contribution in [-0.4, -0.2) is 39.2 Å². The number of likely N-dealkylation sites (tertiary alicyclic amines) is 1. The fraction of sp³-hybridized carbons (Fsp3) is 0.571. The number of amides is 1. The van der Waals surface area contributed by atoms with Crippen LogP contribution in [0.1, 0.15) is 42.8 Å². The van der Waals surface area contributed by atoms with E-state index in [1.807, 2.05) is 0 Å². The van der Waals surface area contributed by atoms with E-state index in [4.69, 9.17) is 9.05 Å². The first-order valence-electron chi connectivity index (χ1n) is 7.39. The Morgan fingerprint density at radius 1 is 1.36 bits per heavy atom. The van der Waals surface area contributed by atoms with Crippen LogP contribution < -0.4 is 5.32 Å². The molecule has 3 rings (SSSR count). The number of rotatable bonds is 4. The highest BCUT2D eigenvalue weighted by molar-refractivity contribution is 5.91. The molecule has 22 heavy (non-hydrogen) atoms. The lowest BCUT2D eigenvalue weighted by molar-refractivity contribution is -0.118. The molecule has 0 saturated carbocycles. The Morgan fingerprint density at radius 3 is 2.91 bits per heavy atom. The van der Waals surface area contributed by atoms with E-state index < -0.39 is 0 Å². The minimum atomic E-state index is -0.128.